The smallest absolute Gasteiger partial charge is 0.240 e. The normalized spacial score (nSPS) is 15.9. The second-order valence-electron chi connectivity index (χ2n) is 5.34. The topological polar surface area (TPSA) is 97.1 Å². The largest absolute Gasteiger partial charge is 0.308 e. The van der Waals surface area contributed by atoms with E-state index in [4.69, 9.17) is 5.84 Å². The molecule has 1 heterocycles. The molecule has 3 rings (SSSR count). The molecule has 1 aromatic heterocycles. The van der Waals surface area contributed by atoms with Crippen LogP contribution in [-0.4, -0.2) is 19.9 Å². The van der Waals surface area contributed by atoms with Crippen molar-refractivity contribution in [3.63, 3.8) is 0 Å². The van der Waals surface area contributed by atoms with E-state index in [1.54, 1.807) is 30.3 Å². The van der Waals surface area contributed by atoms with Crippen LogP contribution in [0, 0.1) is 5.92 Å². The van der Waals surface area contributed by atoms with Crippen molar-refractivity contribution in [2.75, 3.05) is 12.0 Å². The molecule has 0 aliphatic heterocycles. The fraction of sp³-hybridized carbons (Fsp3) is 0.357. The molecule has 4 N–H and O–H groups in total. The molecular weight excluding hydrogens is 288 g/mol. The summed E-state index contributed by atoms with van der Waals surface area (Å²) in [5.74, 6) is 6.34. The third-order valence-electron chi connectivity index (χ3n) is 3.91. The molecule has 0 radical (unpaired) electrons. The number of benzene rings is 1. The van der Waals surface area contributed by atoms with Crippen LogP contribution in [0.4, 0.5) is 5.82 Å². The number of hydrogen-bond donors (Lipinski definition) is 3. The molecule has 1 saturated carbocycles. The number of nitrogens with one attached hydrogen (secondary N) is 2. The van der Waals surface area contributed by atoms with Gasteiger partial charge in [-0.05, 0) is 49.1 Å². The van der Waals surface area contributed by atoms with Crippen molar-refractivity contribution in [2.45, 2.75) is 24.2 Å². The number of anilines is 1. The van der Waals surface area contributed by atoms with E-state index in [9.17, 15) is 8.42 Å². The van der Waals surface area contributed by atoms with Gasteiger partial charge in [0.1, 0.15) is 5.82 Å². The Morgan fingerprint density at radius 2 is 2.05 bits per heavy atom. The van der Waals surface area contributed by atoms with E-state index in [2.05, 4.69) is 15.1 Å². The number of fused-ring (bicyclic) bond motifs is 1. The third kappa shape index (κ3) is 2.99. The minimum absolute atomic E-state index is 0.268. The maximum absolute atomic E-state index is 12.3. The lowest BCUT2D eigenvalue weighted by molar-refractivity contribution is 0.316. The molecule has 1 fully saturated rings. The van der Waals surface area contributed by atoms with Crippen LogP contribution in [0.3, 0.4) is 0 Å². The van der Waals surface area contributed by atoms with Crippen molar-refractivity contribution >= 4 is 26.7 Å². The quantitative estimate of drug-likeness (QED) is 0.576. The van der Waals surface area contributed by atoms with E-state index in [0.29, 0.717) is 23.8 Å². The Labute approximate surface area is 123 Å². The summed E-state index contributed by atoms with van der Waals surface area (Å²) in [7, 11) is -3.46. The monoisotopic (exact) mass is 306 g/mol. The van der Waals surface area contributed by atoms with Gasteiger partial charge in [-0.3, -0.25) is 0 Å². The molecule has 1 aliphatic carbocycles. The standard InChI is InChI=1S/C14H18N4O2S/c15-18-14-7-4-11-8-12(5-6-13(11)17-14)21(19,20)16-9-10-2-1-3-10/h4-8,10,16H,1-3,9,15H2,(H,17,18). The third-order valence-corrected chi connectivity index (χ3v) is 5.33. The molecule has 1 aliphatic rings. The van der Waals surface area contributed by atoms with Crippen LogP contribution in [0.15, 0.2) is 35.2 Å². The number of nitrogens with zero attached hydrogens (tertiary/aromatic N) is 1. The first-order valence-electron chi connectivity index (χ1n) is 6.95. The van der Waals surface area contributed by atoms with Crippen molar-refractivity contribution in [2.24, 2.45) is 11.8 Å². The summed E-state index contributed by atoms with van der Waals surface area (Å²) in [6, 6.07) is 8.39. The Bertz CT molecular complexity index is 757. The van der Waals surface area contributed by atoms with E-state index in [1.807, 2.05) is 0 Å². The zero-order valence-corrected chi connectivity index (χ0v) is 12.4. The number of sulfonamides is 1. The first kappa shape index (κ1) is 14.2. The van der Waals surface area contributed by atoms with Gasteiger partial charge in [0, 0.05) is 11.9 Å². The highest BCUT2D eigenvalue weighted by Gasteiger charge is 2.21. The van der Waals surface area contributed by atoms with E-state index >= 15 is 0 Å². The van der Waals surface area contributed by atoms with Crippen LogP contribution in [-0.2, 0) is 10.0 Å². The Hall–Kier alpha value is -1.70. The molecule has 7 heteroatoms. The molecular formula is C14H18N4O2S. The zero-order chi connectivity index (χ0) is 14.9. The highest BCUT2D eigenvalue weighted by atomic mass is 32.2. The lowest BCUT2D eigenvalue weighted by Gasteiger charge is -2.25. The molecule has 0 saturated heterocycles. The number of pyridine rings is 1. The van der Waals surface area contributed by atoms with Gasteiger partial charge in [-0.15, -0.1) is 0 Å². The maximum Gasteiger partial charge on any atom is 0.240 e. The number of rotatable bonds is 5. The van der Waals surface area contributed by atoms with Gasteiger partial charge in [-0.2, -0.15) is 0 Å². The molecule has 0 bridgehead atoms. The van der Waals surface area contributed by atoms with E-state index in [1.165, 1.54) is 6.42 Å². The Balaban J connectivity index is 1.85. The van der Waals surface area contributed by atoms with Crippen molar-refractivity contribution in [3.05, 3.63) is 30.3 Å². The minimum Gasteiger partial charge on any atom is -0.308 e. The van der Waals surface area contributed by atoms with Crippen molar-refractivity contribution in [1.82, 2.24) is 9.71 Å². The molecule has 112 valence electrons. The van der Waals surface area contributed by atoms with Gasteiger partial charge in [-0.1, -0.05) is 6.42 Å². The minimum atomic E-state index is -3.46. The summed E-state index contributed by atoms with van der Waals surface area (Å²) >= 11 is 0. The summed E-state index contributed by atoms with van der Waals surface area (Å²) in [5, 5.41) is 0.764. The summed E-state index contributed by atoms with van der Waals surface area (Å²) in [4.78, 5) is 4.53. The van der Waals surface area contributed by atoms with Gasteiger partial charge < -0.3 is 5.43 Å². The average molecular weight is 306 g/mol. The number of hydrazine groups is 1. The highest BCUT2D eigenvalue weighted by Crippen LogP contribution is 2.26. The Morgan fingerprint density at radius 3 is 2.71 bits per heavy atom. The summed E-state index contributed by atoms with van der Waals surface area (Å²) in [6.45, 7) is 0.522. The molecule has 0 amide bonds. The Kier molecular flexibility index (Phi) is 3.79. The number of nitrogen functional groups attached to an aromatic ring is 1. The van der Waals surface area contributed by atoms with E-state index in [0.717, 1.165) is 18.2 Å². The fourth-order valence-corrected chi connectivity index (χ4v) is 3.51. The summed E-state index contributed by atoms with van der Waals surface area (Å²) < 4.78 is 27.2. The predicted octanol–water partition coefficient (Wildman–Crippen LogP) is 1.60. The SMILES string of the molecule is NNc1ccc2cc(S(=O)(=O)NCC3CCC3)ccc2n1. The fourth-order valence-electron chi connectivity index (χ4n) is 2.36. The van der Waals surface area contributed by atoms with E-state index < -0.39 is 10.0 Å². The second-order valence-corrected chi connectivity index (χ2v) is 7.11. The lowest BCUT2D eigenvalue weighted by Crippen LogP contribution is -2.32. The average Bonchev–Trinajstić information content (AvgIpc) is 2.44. The zero-order valence-electron chi connectivity index (χ0n) is 11.5. The highest BCUT2D eigenvalue weighted by molar-refractivity contribution is 7.89. The molecule has 0 atom stereocenters. The maximum atomic E-state index is 12.3. The van der Waals surface area contributed by atoms with Gasteiger partial charge >= 0.3 is 0 Å². The lowest BCUT2D eigenvalue weighted by atomic mass is 9.86. The van der Waals surface area contributed by atoms with Crippen LogP contribution in [0.1, 0.15) is 19.3 Å². The van der Waals surface area contributed by atoms with Crippen LogP contribution < -0.4 is 16.0 Å². The number of hydrogen-bond acceptors (Lipinski definition) is 5. The molecule has 0 spiro atoms. The van der Waals surface area contributed by atoms with Gasteiger partial charge in [0.2, 0.25) is 10.0 Å². The molecule has 0 unspecified atom stereocenters. The first-order valence-corrected chi connectivity index (χ1v) is 8.44. The van der Waals surface area contributed by atoms with Gasteiger partial charge in [0.05, 0.1) is 10.4 Å². The molecule has 1 aromatic carbocycles. The van der Waals surface area contributed by atoms with Crippen LogP contribution in [0.5, 0.6) is 0 Å². The number of aromatic nitrogens is 1. The number of nitrogens with two attached hydrogens (primary N) is 1. The van der Waals surface area contributed by atoms with Gasteiger partial charge in [0.25, 0.3) is 0 Å². The molecule has 21 heavy (non-hydrogen) atoms. The van der Waals surface area contributed by atoms with Crippen molar-refractivity contribution in [1.29, 1.82) is 0 Å². The van der Waals surface area contributed by atoms with Crippen molar-refractivity contribution < 1.29 is 8.42 Å². The van der Waals surface area contributed by atoms with Gasteiger partial charge in [0.15, 0.2) is 0 Å². The first-order chi connectivity index (χ1) is 10.1. The van der Waals surface area contributed by atoms with Crippen LogP contribution in [0.2, 0.25) is 0 Å². The van der Waals surface area contributed by atoms with Crippen LogP contribution >= 0.6 is 0 Å². The predicted molar refractivity (Wildman–Crippen MR) is 82.1 cm³/mol. The van der Waals surface area contributed by atoms with Gasteiger partial charge in [-0.25, -0.2) is 24.0 Å². The summed E-state index contributed by atoms with van der Waals surface area (Å²) in [6.07, 6.45) is 3.42. The molecule has 2 aromatic rings. The van der Waals surface area contributed by atoms with E-state index in [-0.39, 0.29) is 4.90 Å². The van der Waals surface area contributed by atoms with Crippen LogP contribution in [0.25, 0.3) is 10.9 Å². The second kappa shape index (κ2) is 5.59. The molecule has 6 nitrogen and oxygen atoms in total. The Morgan fingerprint density at radius 1 is 1.24 bits per heavy atom. The summed E-state index contributed by atoms with van der Waals surface area (Å²) in [5.41, 5.74) is 3.17. The van der Waals surface area contributed by atoms with Crippen molar-refractivity contribution in [3.8, 4) is 0 Å².